The summed E-state index contributed by atoms with van der Waals surface area (Å²) >= 11 is 0. The zero-order chi connectivity index (χ0) is 32.8. The standard InChI is InChI=1S/C20H32N2O3.C13H26N2O2/c1-19(2,3)12-18(24)22-14-21-17(23)11-15-8-7-9-16(10-15)25-13-20(4,5)6;1-12(2,3)7-10(16)14-9-15-11(17)8-13(4,5)6/h7-10H,11-14H2,1-6H3,(H,21,23)(H,22,24);7-9H2,1-6H3,(H,14,16)(H,15,17). The van der Waals surface area contributed by atoms with Crippen molar-refractivity contribution in [1.82, 2.24) is 21.3 Å². The lowest BCUT2D eigenvalue weighted by Gasteiger charge is -2.19. The van der Waals surface area contributed by atoms with Crippen molar-refractivity contribution in [2.75, 3.05) is 19.9 Å². The fourth-order valence-corrected chi connectivity index (χ4v) is 3.41. The Kier molecular flexibility index (Phi) is 15.9. The normalized spacial score (nSPS) is 11.9. The molecule has 0 fully saturated rings. The van der Waals surface area contributed by atoms with Crippen molar-refractivity contribution in [1.29, 1.82) is 0 Å². The van der Waals surface area contributed by atoms with Crippen LogP contribution in [0.5, 0.6) is 5.75 Å². The van der Waals surface area contributed by atoms with Gasteiger partial charge in [0.15, 0.2) is 0 Å². The van der Waals surface area contributed by atoms with Crippen LogP contribution < -0.4 is 26.0 Å². The van der Waals surface area contributed by atoms with E-state index in [0.717, 1.165) is 11.3 Å². The van der Waals surface area contributed by atoms with Gasteiger partial charge in [-0.3, -0.25) is 19.2 Å². The molecule has 0 heterocycles. The third-order valence-corrected chi connectivity index (χ3v) is 5.15. The van der Waals surface area contributed by atoms with E-state index in [4.69, 9.17) is 4.74 Å². The highest BCUT2D eigenvalue weighted by molar-refractivity contribution is 5.80. The van der Waals surface area contributed by atoms with Crippen LogP contribution in [0.2, 0.25) is 0 Å². The summed E-state index contributed by atoms with van der Waals surface area (Å²) in [5.74, 6) is 0.496. The molecule has 0 saturated heterocycles. The molecule has 1 rings (SSSR count). The second-order valence-corrected chi connectivity index (χ2v) is 15.6. The van der Waals surface area contributed by atoms with Crippen LogP contribution in [0.4, 0.5) is 0 Å². The van der Waals surface area contributed by atoms with Crippen molar-refractivity contribution >= 4 is 23.6 Å². The zero-order valence-electron chi connectivity index (χ0n) is 28.3. The van der Waals surface area contributed by atoms with Crippen molar-refractivity contribution in [2.45, 2.75) is 109 Å². The van der Waals surface area contributed by atoms with Gasteiger partial charge in [0.25, 0.3) is 0 Å². The fourth-order valence-electron chi connectivity index (χ4n) is 3.41. The highest BCUT2D eigenvalue weighted by Crippen LogP contribution is 2.20. The lowest BCUT2D eigenvalue weighted by Crippen LogP contribution is -2.39. The first-order chi connectivity index (χ1) is 18.9. The van der Waals surface area contributed by atoms with Crippen LogP contribution in [0.25, 0.3) is 0 Å². The predicted molar refractivity (Wildman–Crippen MR) is 170 cm³/mol. The average molecular weight is 591 g/mol. The molecule has 0 aliphatic carbocycles. The Morgan fingerprint density at radius 1 is 0.571 bits per heavy atom. The molecule has 1 aromatic carbocycles. The van der Waals surface area contributed by atoms with Gasteiger partial charge in [0.2, 0.25) is 23.6 Å². The molecular formula is C33H58N4O5. The van der Waals surface area contributed by atoms with E-state index in [1.54, 1.807) is 0 Å². The second-order valence-electron chi connectivity index (χ2n) is 15.6. The smallest absolute Gasteiger partial charge is 0.225 e. The number of hydrogen-bond donors (Lipinski definition) is 4. The van der Waals surface area contributed by atoms with Crippen LogP contribution in [-0.2, 0) is 25.6 Å². The van der Waals surface area contributed by atoms with Crippen LogP contribution >= 0.6 is 0 Å². The summed E-state index contributed by atoms with van der Waals surface area (Å²) < 4.78 is 5.76. The molecular weight excluding hydrogens is 532 g/mol. The molecule has 0 aliphatic rings. The molecule has 9 nitrogen and oxygen atoms in total. The van der Waals surface area contributed by atoms with Gasteiger partial charge in [-0.1, -0.05) is 95.2 Å². The zero-order valence-corrected chi connectivity index (χ0v) is 28.3. The average Bonchev–Trinajstić information content (AvgIpc) is 2.74. The molecule has 0 bridgehead atoms. The largest absolute Gasteiger partial charge is 0.493 e. The number of rotatable bonds is 11. The third kappa shape index (κ3) is 24.7. The Balaban J connectivity index is 0.000000865. The van der Waals surface area contributed by atoms with Crippen molar-refractivity contribution in [3.63, 3.8) is 0 Å². The molecule has 0 radical (unpaired) electrons. The van der Waals surface area contributed by atoms with Crippen molar-refractivity contribution < 1.29 is 23.9 Å². The molecule has 9 heteroatoms. The van der Waals surface area contributed by atoms with E-state index in [2.05, 4.69) is 42.0 Å². The van der Waals surface area contributed by atoms with E-state index in [1.165, 1.54) is 0 Å². The Morgan fingerprint density at radius 3 is 1.31 bits per heavy atom. The molecule has 1 aromatic rings. The van der Waals surface area contributed by atoms with Gasteiger partial charge in [-0.2, -0.15) is 0 Å². The molecule has 0 saturated carbocycles. The SMILES string of the molecule is CC(C)(C)CC(=O)NCNC(=O)CC(C)(C)C.CC(C)(C)COc1cccc(CC(=O)NCNC(=O)CC(C)(C)C)c1. The quantitative estimate of drug-likeness (QED) is 0.259. The van der Waals surface area contributed by atoms with Crippen molar-refractivity contribution in [3.8, 4) is 5.75 Å². The highest BCUT2D eigenvalue weighted by Gasteiger charge is 2.18. The van der Waals surface area contributed by atoms with Gasteiger partial charge in [-0.05, 0) is 39.4 Å². The van der Waals surface area contributed by atoms with Gasteiger partial charge in [0, 0.05) is 19.3 Å². The molecule has 4 amide bonds. The number of carbonyl (C=O) groups excluding carboxylic acids is 4. The highest BCUT2D eigenvalue weighted by atomic mass is 16.5. The van der Waals surface area contributed by atoms with Crippen LogP contribution in [0.15, 0.2) is 24.3 Å². The first kappa shape index (κ1) is 38.9. The number of hydrogen-bond acceptors (Lipinski definition) is 5. The monoisotopic (exact) mass is 590 g/mol. The maximum Gasteiger partial charge on any atom is 0.225 e. The van der Waals surface area contributed by atoms with Crippen LogP contribution in [0.3, 0.4) is 0 Å². The Hall–Kier alpha value is -3.10. The molecule has 0 atom stereocenters. The lowest BCUT2D eigenvalue weighted by molar-refractivity contribution is -0.125. The van der Waals surface area contributed by atoms with Crippen LogP contribution in [-0.4, -0.2) is 43.6 Å². The fraction of sp³-hybridized carbons (Fsp3) is 0.697. The maximum absolute atomic E-state index is 12.0. The van der Waals surface area contributed by atoms with Crippen molar-refractivity contribution in [2.24, 2.45) is 21.7 Å². The molecule has 0 unspecified atom stereocenters. The summed E-state index contributed by atoms with van der Waals surface area (Å²) in [5, 5.41) is 10.8. The van der Waals surface area contributed by atoms with E-state index in [9.17, 15) is 19.2 Å². The molecule has 0 spiro atoms. The first-order valence-electron chi connectivity index (χ1n) is 14.7. The van der Waals surface area contributed by atoms with E-state index < -0.39 is 0 Å². The first-order valence-corrected chi connectivity index (χ1v) is 14.7. The Morgan fingerprint density at radius 2 is 0.952 bits per heavy atom. The third-order valence-electron chi connectivity index (χ3n) is 5.15. The minimum Gasteiger partial charge on any atom is -0.493 e. The Bertz CT molecular complexity index is 981. The van der Waals surface area contributed by atoms with Gasteiger partial charge in [0.05, 0.1) is 26.4 Å². The number of benzene rings is 1. The summed E-state index contributed by atoms with van der Waals surface area (Å²) in [6.07, 6.45) is 1.60. The minimum absolute atomic E-state index is 0.0283. The van der Waals surface area contributed by atoms with E-state index in [0.29, 0.717) is 25.9 Å². The lowest BCUT2D eigenvalue weighted by atomic mass is 9.92. The van der Waals surface area contributed by atoms with Gasteiger partial charge < -0.3 is 26.0 Å². The van der Waals surface area contributed by atoms with Gasteiger partial charge in [-0.15, -0.1) is 0 Å². The minimum atomic E-state index is -0.135. The summed E-state index contributed by atoms with van der Waals surface area (Å²) in [6.45, 7) is 25.3. The molecule has 240 valence electrons. The van der Waals surface area contributed by atoms with Crippen molar-refractivity contribution in [3.05, 3.63) is 29.8 Å². The summed E-state index contributed by atoms with van der Waals surface area (Å²) in [4.78, 5) is 46.6. The van der Waals surface area contributed by atoms with E-state index >= 15 is 0 Å². The topological polar surface area (TPSA) is 126 Å². The van der Waals surface area contributed by atoms with E-state index in [-0.39, 0.29) is 65.0 Å². The number of nitrogens with one attached hydrogen (secondary N) is 4. The number of carbonyl (C=O) groups is 4. The summed E-state index contributed by atoms with van der Waals surface area (Å²) in [7, 11) is 0. The Labute approximate surface area is 254 Å². The molecule has 42 heavy (non-hydrogen) atoms. The van der Waals surface area contributed by atoms with Crippen LogP contribution in [0.1, 0.15) is 108 Å². The molecule has 4 N–H and O–H groups in total. The van der Waals surface area contributed by atoms with Gasteiger partial charge >= 0.3 is 0 Å². The maximum atomic E-state index is 12.0. The summed E-state index contributed by atoms with van der Waals surface area (Å²) in [5.41, 5.74) is 0.837. The number of amides is 4. The van der Waals surface area contributed by atoms with Gasteiger partial charge in [0.1, 0.15) is 5.75 Å². The van der Waals surface area contributed by atoms with Gasteiger partial charge in [-0.25, -0.2) is 0 Å². The molecule has 0 aromatic heterocycles. The summed E-state index contributed by atoms with van der Waals surface area (Å²) in [6, 6.07) is 7.54. The second kappa shape index (κ2) is 17.1. The van der Waals surface area contributed by atoms with E-state index in [1.807, 2.05) is 86.6 Å². The predicted octanol–water partition coefficient (Wildman–Crippen LogP) is 5.33. The molecule has 0 aliphatic heterocycles. The number of ether oxygens (including phenoxy) is 1. The van der Waals surface area contributed by atoms with Crippen LogP contribution in [0, 0.1) is 21.7 Å².